The lowest BCUT2D eigenvalue weighted by Crippen LogP contribution is -2.37. The van der Waals surface area contributed by atoms with Gasteiger partial charge in [-0.2, -0.15) is 0 Å². The number of hydrogen-bond donors (Lipinski definition) is 1. The van der Waals surface area contributed by atoms with Crippen molar-refractivity contribution in [2.75, 3.05) is 25.9 Å². The molecule has 0 amide bonds. The predicted molar refractivity (Wildman–Crippen MR) is 83.2 cm³/mol. The number of rotatable bonds is 8. The largest absolute Gasteiger partial charge is 0.314 e. The molecular formula is C15H30N2O2S. The summed E-state index contributed by atoms with van der Waals surface area (Å²) in [7, 11) is -3.03. The fourth-order valence-electron chi connectivity index (χ4n) is 3.53. The standard InChI is InChI=1S/C15H30N2O2S/c1-3-17(20(2,18)19)11-5-10-16-15-7-4-6-14(12-15)13-8-9-13/h13-16H,3-12H2,1-2H3. The van der Waals surface area contributed by atoms with Gasteiger partial charge in [-0.25, -0.2) is 12.7 Å². The molecule has 0 spiro atoms. The number of sulfonamides is 1. The fraction of sp³-hybridized carbons (Fsp3) is 1.00. The van der Waals surface area contributed by atoms with Crippen molar-refractivity contribution in [3.8, 4) is 0 Å². The van der Waals surface area contributed by atoms with Crippen molar-refractivity contribution in [3.63, 3.8) is 0 Å². The Hall–Kier alpha value is -0.130. The highest BCUT2D eigenvalue weighted by molar-refractivity contribution is 7.88. The Morgan fingerprint density at radius 2 is 1.90 bits per heavy atom. The van der Waals surface area contributed by atoms with Crippen molar-refractivity contribution in [2.45, 2.75) is 57.9 Å². The van der Waals surface area contributed by atoms with Crippen molar-refractivity contribution in [2.24, 2.45) is 11.8 Å². The number of hydrogen-bond acceptors (Lipinski definition) is 3. The van der Waals surface area contributed by atoms with Gasteiger partial charge in [0.1, 0.15) is 0 Å². The van der Waals surface area contributed by atoms with Gasteiger partial charge in [0.2, 0.25) is 10.0 Å². The zero-order valence-electron chi connectivity index (χ0n) is 13.0. The third kappa shape index (κ3) is 5.01. The molecular weight excluding hydrogens is 272 g/mol. The highest BCUT2D eigenvalue weighted by atomic mass is 32.2. The molecule has 20 heavy (non-hydrogen) atoms. The molecule has 0 aromatic carbocycles. The normalized spacial score (nSPS) is 27.9. The lowest BCUT2D eigenvalue weighted by molar-refractivity contribution is 0.259. The summed E-state index contributed by atoms with van der Waals surface area (Å²) in [6.45, 7) is 4.05. The van der Waals surface area contributed by atoms with Gasteiger partial charge in [0.15, 0.2) is 0 Å². The molecule has 0 bridgehead atoms. The minimum Gasteiger partial charge on any atom is -0.314 e. The average Bonchev–Trinajstić information content (AvgIpc) is 3.22. The van der Waals surface area contributed by atoms with Crippen molar-refractivity contribution in [3.05, 3.63) is 0 Å². The molecule has 5 heteroatoms. The van der Waals surface area contributed by atoms with Crippen LogP contribution in [0.25, 0.3) is 0 Å². The lowest BCUT2D eigenvalue weighted by Gasteiger charge is -2.30. The molecule has 4 nitrogen and oxygen atoms in total. The van der Waals surface area contributed by atoms with E-state index in [9.17, 15) is 8.42 Å². The van der Waals surface area contributed by atoms with Crippen LogP contribution in [0.1, 0.15) is 51.9 Å². The second-order valence-corrected chi connectivity index (χ2v) is 8.51. The van der Waals surface area contributed by atoms with E-state index in [1.54, 1.807) is 4.31 Å². The molecule has 0 aromatic rings. The van der Waals surface area contributed by atoms with Crippen LogP contribution in [0, 0.1) is 11.8 Å². The van der Waals surface area contributed by atoms with E-state index in [0.29, 0.717) is 19.1 Å². The van der Waals surface area contributed by atoms with Crippen molar-refractivity contribution in [1.82, 2.24) is 9.62 Å². The van der Waals surface area contributed by atoms with Crippen LogP contribution in [0.3, 0.4) is 0 Å². The Morgan fingerprint density at radius 3 is 2.50 bits per heavy atom. The molecule has 0 heterocycles. The van der Waals surface area contributed by atoms with Gasteiger partial charge in [0, 0.05) is 19.1 Å². The highest BCUT2D eigenvalue weighted by Gasteiger charge is 2.34. The van der Waals surface area contributed by atoms with Crippen LogP contribution in [0.4, 0.5) is 0 Å². The third-order valence-electron chi connectivity index (χ3n) is 4.84. The van der Waals surface area contributed by atoms with Gasteiger partial charge < -0.3 is 5.32 Å². The van der Waals surface area contributed by atoms with E-state index >= 15 is 0 Å². The minimum absolute atomic E-state index is 0.575. The first-order chi connectivity index (χ1) is 9.50. The third-order valence-corrected chi connectivity index (χ3v) is 6.22. The summed E-state index contributed by atoms with van der Waals surface area (Å²) in [5.74, 6) is 1.99. The van der Waals surface area contributed by atoms with E-state index in [4.69, 9.17) is 0 Å². The summed E-state index contributed by atoms with van der Waals surface area (Å²) >= 11 is 0. The lowest BCUT2D eigenvalue weighted by atomic mass is 9.83. The van der Waals surface area contributed by atoms with Gasteiger partial charge in [0.25, 0.3) is 0 Å². The molecule has 2 unspecified atom stereocenters. The van der Waals surface area contributed by atoms with Crippen LogP contribution in [-0.2, 0) is 10.0 Å². The molecule has 0 aromatic heterocycles. The molecule has 2 fully saturated rings. The second kappa shape index (κ2) is 7.23. The predicted octanol–water partition coefficient (Wildman–Crippen LogP) is 2.22. The topological polar surface area (TPSA) is 49.4 Å². The molecule has 2 rings (SSSR count). The highest BCUT2D eigenvalue weighted by Crippen LogP contribution is 2.43. The number of nitrogens with zero attached hydrogens (tertiary/aromatic N) is 1. The molecule has 1 N–H and O–H groups in total. The summed E-state index contributed by atoms with van der Waals surface area (Å²) in [6, 6.07) is 0.669. The zero-order chi connectivity index (χ0) is 14.6. The van der Waals surface area contributed by atoms with Gasteiger partial charge in [-0.1, -0.05) is 19.8 Å². The first kappa shape index (κ1) is 16.2. The summed E-state index contributed by atoms with van der Waals surface area (Å²) < 4.78 is 24.5. The van der Waals surface area contributed by atoms with Crippen LogP contribution in [0.2, 0.25) is 0 Å². The number of nitrogens with one attached hydrogen (secondary N) is 1. The molecule has 2 saturated carbocycles. The van der Waals surface area contributed by atoms with Crippen LogP contribution in [-0.4, -0.2) is 44.7 Å². The van der Waals surface area contributed by atoms with Crippen LogP contribution in [0.15, 0.2) is 0 Å². The Kier molecular flexibility index (Phi) is 5.87. The zero-order valence-corrected chi connectivity index (χ0v) is 13.8. The molecule has 2 atom stereocenters. The van der Waals surface area contributed by atoms with Crippen molar-refractivity contribution in [1.29, 1.82) is 0 Å². The smallest absolute Gasteiger partial charge is 0.211 e. The van der Waals surface area contributed by atoms with E-state index in [2.05, 4.69) is 5.32 Å². The summed E-state index contributed by atoms with van der Waals surface area (Å²) in [6.07, 6.45) is 10.6. The summed E-state index contributed by atoms with van der Waals surface area (Å²) in [5, 5.41) is 3.64. The van der Waals surface area contributed by atoms with Gasteiger partial charge in [-0.15, -0.1) is 0 Å². The van der Waals surface area contributed by atoms with E-state index in [1.807, 2.05) is 6.92 Å². The first-order valence-corrected chi connectivity index (χ1v) is 10.0. The van der Waals surface area contributed by atoms with Crippen LogP contribution < -0.4 is 5.32 Å². The molecule has 0 aliphatic heterocycles. The average molecular weight is 302 g/mol. The van der Waals surface area contributed by atoms with Gasteiger partial charge in [-0.3, -0.25) is 0 Å². The van der Waals surface area contributed by atoms with Crippen LogP contribution >= 0.6 is 0 Å². The van der Waals surface area contributed by atoms with Crippen LogP contribution in [0.5, 0.6) is 0 Å². The Labute approximate surface area is 124 Å². The van der Waals surface area contributed by atoms with E-state index in [0.717, 1.165) is 24.8 Å². The molecule has 0 saturated heterocycles. The van der Waals surface area contributed by atoms with Crippen molar-refractivity contribution >= 4 is 10.0 Å². The second-order valence-electron chi connectivity index (χ2n) is 6.52. The van der Waals surface area contributed by atoms with Crippen molar-refractivity contribution < 1.29 is 8.42 Å². The maximum absolute atomic E-state index is 11.5. The maximum atomic E-state index is 11.5. The Morgan fingerprint density at radius 1 is 1.15 bits per heavy atom. The van der Waals surface area contributed by atoms with E-state index in [-0.39, 0.29) is 0 Å². The quantitative estimate of drug-likeness (QED) is 0.699. The summed E-state index contributed by atoms with van der Waals surface area (Å²) in [4.78, 5) is 0. The van der Waals surface area contributed by atoms with E-state index < -0.39 is 10.0 Å². The SMILES string of the molecule is CCN(CCCNC1CCCC(C2CC2)C1)S(C)(=O)=O. The Bertz CT molecular complexity index is 393. The maximum Gasteiger partial charge on any atom is 0.211 e. The minimum atomic E-state index is -3.03. The monoisotopic (exact) mass is 302 g/mol. The first-order valence-electron chi connectivity index (χ1n) is 8.19. The van der Waals surface area contributed by atoms with Gasteiger partial charge >= 0.3 is 0 Å². The fourth-order valence-corrected chi connectivity index (χ4v) is 4.46. The van der Waals surface area contributed by atoms with Gasteiger partial charge in [0.05, 0.1) is 6.26 Å². The molecule has 0 radical (unpaired) electrons. The molecule has 2 aliphatic carbocycles. The summed E-state index contributed by atoms with van der Waals surface area (Å²) in [5.41, 5.74) is 0. The molecule has 2 aliphatic rings. The Balaban J connectivity index is 1.62. The van der Waals surface area contributed by atoms with E-state index in [1.165, 1.54) is 44.8 Å². The molecule has 118 valence electrons. The van der Waals surface area contributed by atoms with Gasteiger partial charge in [-0.05, 0) is 50.5 Å².